The molecule has 0 bridgehead atoms. The first-order valence-corrected chi connectivity index (χ1v) is 21.0. The summed E-state index contributed by atoms with van der Waals surface area (Å²) >= 11 is 0. The third-order valence-corrected chi connectivity index (χ3v) is 10.2. The molecule has 15 nitrogen and oxygen atoms in total. The molecule has 3 amide bonds. The fourth-order valence-corrected chi connectivity index (χ4v) is 7.39. The largest absolute Gasteiger partial charge is 0.464 e. The van der Waals surface area contributed by atoms with Gasteiger partial charge in [0.2, 0.25) is 0 Å². The van der Waals surface area contributed by atoms with Crippen molar-refractivity contribution in [3.8, 4) is 22.3 Å². The van der Waals surface area contributed by atoms with E-state index in [0.717, 1.165) is 44.5 Å². The monoisotopic (exact) mass is 900 g/mol. The second-order valence-electron chi connectivity index (χ2n) is 15.7. The predicted molar refractivity (Wildman–Crippen MR) is 242 cm³/mol. The van der Waals surface area contributed by atoms with Gasteiger partial charge in [0, 0.05) is 24.8 Å². The van der Waals surface area contributed by atoms with E-state index in [2.05, 4.69) is 28.1 Å². The average Bonchev–Trinajstić information content (AvgIpc) is 3.76. The van der Waals surface area contributed by atoms with Gasteiger partial charge < -0.3 is 45.4 Å². The van der Waals surface area contributed by atoms with Crippen LogP contribution in [0.1, 0.15) is 81.5 Å². The molecule has 0 saturated heterocycles. The van der Waals surface area contributed by atoms with Gasteiger partial charge in [0.15, 0.2) is 5.78 Å². The highest BCUT2D eigenvalue weighted by molar-refractivity contribution is 5.87. The molecule has 0 spiro atoms. The minimum Gasteiger partial charge on any atom is -0.464 e. The van der Waals surface area contributed by atoms with Crippen LogP contribution in [0.5, 0.6) is 0 Å². The Morgan fingerprint density at radius 2 is 0.953 bits per heavy atom. The fourth-order valence-electron chi connectivity index (χ4n) is 7.39. The van der Waals surface area contributed by atoms with Gasteiger partial charge >= 0.3 is 30.2 Å². The second kappa shape index (κ2) is 23.8. The molecule has 5 N–H and O–H groups in total. The van der Waals surface area contributed by atoms with Crippen LogP contribution in [0.4, 0.5) is 14.4 Å². The van der Waals surface area contributed by atoms with Crippen molar-refractivity contribution in [3.05, 3.63) is 119 Å². The second-order valence-corrected chi connectivity index (χ2v) is 15.7. The van der Waals surface area contributed by atoms with E-state index in [4.69, 9.17) is 29.4 Å². The Labute approximate surface area is 379 Å². The number of fused-ring (bicyclic) bond motifs is 6. The predicted octanol–water partition coefficient (Wildman–Crippen LogP) is 7.17. The van der Waals surface area contributed by atoms with Crippen molar-refractivity contribution in [3.63, 3.8) is 0 Å². The summed E-state index contributed by atoms with van der Waals surface area (Å²) in [6, 6.07) is 30.1. The van der Waals surface area contributed by atoms with E-state index in [0.29, 0.717) is 0 Å². The first kappa shape index (κ1) is 50.2. The van der Waals surface area contributed by atoms with Gasteiger partial charge in [-0.05, 0) is 85.5 Å². The van der Waals surface area contributed by atoms with Gasteiger partial charge in [0.1, 0.15) is 30.9 Å². The topological polar surface area (TPSA) is 211 Å². The molecule has 4 aromatic carbocycles. The number of ether oxygens (including phenoxy) is 5. The first-order valence-electron chi connectivity index (χ1n) is 21.0. The Kier molecular flexibility index (Phi) is 18.7. The number of esters is 2. The lowest BCUT2D eigenvalue weighted by Gasteiger charge is -2.20. The van der Waals surface area contributed by atoms with Crippen LogP contribution in [0, 0.1) is 0 Å². The molecule has 2 aliphatic carbocycles. The summed E-state index contributed by atoms with van der Waals surface area (Å²) in [4.78, 5) is 72.9. The normalized spacial score (nSPS) is 13.0. The highest BCUT2D eigenvalue weighted by Crippen LogP contribution is 2.45. The SMILES string of the molecule is CCOC(=O)[C@H](CCC(=O)CNC(=O)OC(C)(C)C)NC(=O)OCC1c2ccccc2-c2ccccc21.CCOC(=O)[C@H](CN)NC(=O)OCC1c2ccccc2-c2ccccc21.Cl. The summed E-state index contributed by atoms with van der Waals surface area (Å²) in [5.74, 6) is -1.71. The number of alkyl carbamates (subject to hydrolysis) is 3. The van der Waals surface area contributed by atoms with Crippen molar-refractivity contribution in [1.29, 1.82) is 0 Å². The Bertz CT molecular complexity index is 2170. The molecule has 64 heavy (non-hydrogen) atoms. The number of carbonyl (C=O) groups is 6. The Balaban J connectivity index is 0.000000292. The summed E-state index contributed by atoms with van der Waals surface area (Å²) in [6.45, 7) is 8.80. The van der Waals surface area contributed by atoms with E-state index in [1.165, 1.54) is 0 Å². The van der Waals surface area contributed by atoms with Gasteiger partial charge in [0.05, 0.1) is 19.8 Å². The number of nitrogens with two attached hydrogens (primary N) is 1. The number of benzene rings is 4. The van der Waals surface area contributed by atoms with E-state index >= 15 is 0 Å². The van der Waals surface area contributed by atoms with E-state index in [1.54, 1.807) is 34.6 Å². The van der Waals surface area contributed by atoms with Gasteiger partial charge in [-0.2, -0.15) is 0 Å². The number of hydrogen-bond acceptors (Lipinski definition) is 12. The van der Waals surface area contributed by atoms with Crippen molar-refractivity contribution in [2.24, 2.45) is 5.73 Å². The van der Waals surface area contributed by atoms with E-state index < -0.39 is 47.9 Å². The Morgan fingerprint density at radius 1 is 0.578 bits per heavy atom. The van der Waals surface area contributed by atoms with Crippen molar-refractivity contribution >= 4 is 48.4 Å². The molecule has 16 heteroatoms. The van der Waals surface area contributed by atoms with Crippen LogP contribution in [0.25, 0.3) is 22.3 Å². The van der Waals surface area contributed by atoms with Crippen LogP contribution in [0.3, 0.4) is 0 Å². The molecule has 6 rings (SSSR count). The first-order chi connectivity index (χ1) is 30.2. The van der Waals surface area contributed by atoms with Gasteiger partial charge in [-0.25, -0.2) is 24.0 Å². The quantitative estimate of drug-likeness (QED) is 0.0652. The van der Waals surface area contributed by atoms with Crippen LogP contribution in [-0.4, -0.2) is 93.2 Å². The number of hydrogen-bond donors (Lipinski definition) is 4. The van der Waals surface area contributed by atoms with Gasteiger partial charge in [-0.3, -0.25) is 4.79 Å². The van der Waals surface area contributed by atoms with Crippen LogP contribution >= 0.6 is 12.4 Å². The number of amides is 3. The molecule has 0 aliphatic heterocycles. The molecule has 0 heterocycles. The Hall–Kier alpha value is -6.45. The molecule has 4 aromatic rings. The molecule has 342 valence electrons. The molecule has 0 aromatic heterocycles. The van der Waals surface area contributed by atoms with Crippen molar-refractivity contribution < 1.29 is 52.5 Å². The minimum absolute atomic E-state index is 0. The molecular weight excluding hydrogens is 844 g/mol. The number of Topliss-reactive ketones (excluding diaryl/α,β-unsaturated/α-hetero) is 1. The number of nitrogens with one attached hydrogen (secondary N) is 3. The maximum Gasteiger partial charge on any atom is 0.408 e. The molecule has 0 radical (unpaired) electrons. The molecular formula is C48H57ClN4O11. The van der Waals surface area contributed by atoms with Gasteiger partial charge in [-0.15, -0.1) is 12.4 Å². The highest BCUT2D eigenvalue weighted by atomic mass is 35.5. The number of carbonyl (C=O) groups excluding carboxylic acids is 6. The van der Waals surface area contributed by atoms with Gasteiger partial charge in [0.25, 0.3) is 0 Å². The van der Waals surface area contributed by atoms with Gasteiger partial charge in [-0.1, -0.05) is 97.1 Å². The zero-order valence-corrected chi connectivity index (χ0v) is 37.5. The van der Waals surface area contributed by atoms with E-state index in [-0.39, 0.29) is 82.4 Å². The summed E-state index contributed by atoms with van der Waals surface area (Å²) in [6.07, 6.45) is -2.24. The molecule has 2 aliphatic rings. The fraction of sp³-hybridized carbons (Fsp3) is 0.375. The number of rotatable bonds is 16. The average molecular weight is 901 g/mol. The Morgan fingerprint density at radius 3 is 1.33 bits per heavy atom. The maximum absolute atomic E-state index is 12.6. The highest BCUT2D eigenvalue weighted by Gasteiger charge is 2.32. The molecule has 0 unspecified atom stereocenters. The number of halogens is 1. The van der Waals surface area contributed by atoms with Crippen LogP contribution in [0.15, 0.2) is 97.1 Å². The summed E-state index contributed by atoms with van der Waals surface area (Å²) in [7, 11) is 0. The van der Waals surface area contributed by atoms with E-state index in [9.17, 15) is 28.8 Å². The lowest BCUT2D eigenvalue weighted by Crippen LogP contribution is -2.47. The summed E-state index contributed by atoms with van der Waals surface area (Å²) in [5.41, 5.74) is 13.8. The van der Waals surface area contributed by atoms with Crippen molar-refractivity contribution in [1.82, 2.24) is 16.0 Å². The standard InChI is InChI=1S/C28H34N2O7.C20H22N2O4.ClH/c1-5-35-25(32)24(15-14-18(31)16-29-26(33)37-28(2,3)4)30-27(34)36-17-23-21-12-8-6-10-19(21)20-11-7-9-13-22(20)23;1-2-25-19(23)18(11-21)22-20(24)26-12-17-15-9-5-3-7-13(15)14-8-4-6-10-16(14)17;/h6-13,23-24H,5,14-17H2,1-4H3,(H,29,33)(H,30,34);3-10,17-18H,2,11-12,21H2,1H3,(H,22,24);1H/t24-;18-;/m00./s1. The van der Waals surface area contributed by atoms with Crippen molar-refractivity contribution in [2.75, 3.05) is 39.5 Å². The van der Waals surface area contributed by atoms with E-state index in [1.807, 2.05) is 84.9 Å². The minimum atomic E-state index is -1.07. The third kappa shape index (κ3) is 13.5. The van der Waals surface area contributed by atoms with Crippen molar-refractivity contribution in [2.45, 2.75) is 77.0 Å². The maximum atomic E-state index is 12.6. The van der Waals surface area contributed by atoms with Crippen LogP contribution in [-0.2, 0) is 38.1 Å². The van der Waals surface area contributed by atoms with Crippen LogP contribution < -0.4 is 21.7 Å². The zero-order chi connectivity index (χ0) is 45.5. The zero-order valence-electron chi connectivity index (χ0n) is 36.7. The lowest BCUT2D eigenvalue weighted by molar-refractivity contribution is -0.146. The number of ketones is 1. The van der Waals surface area contributed by atoms with Crippen LogP contribution in [0.2, 0.25) is 0 Å². The molecule has 0 saturated carbocycles. The molecule has 2 atom stereocenters. The summed E-state index contributed by atoms with van der Waals surface area (Å²) < 4.78 is 25.9. The smallest absolute Gasteiger partial charge is 0.408 e. The lowest BCUT2D eigenvalue weighted by atomic mass is 9.98. The third-order valence-electron chi connectivity index (χ3n) is 10.2. The summed E-state index contributed by atoms with van der Waals surface area (Å²) in [5, 5.41) is 7.37. The molecule has 0 fully saturated rings.